The van der Waals surface area contributed by atoms with E-state index in [1.807, 2.05) is 31.2 Å². The standard InChI is InChI=1S/C17H18ClNO4S/c1-12-3-5-13(6-4-12)23-10-9-19-17(20)15-11-14(24(2,21)22)7-8-16(15)18/h3-8,11H,9-10H2,1-2H3,(H,19,20). The summed E-state index contributed by atoms with van der Waals surface area (Å²) in [6.45, 7) is 2.54. The summed E-state index contributed by atoms with van der Waals surface area (Å²) < 4.78 is 28.6. The highest BCUT2D eigenvalue weighted by Crippen LogP contribution is 2.20. The van der Waals surface area contributed by atoms with Gasteiger partial charge in [-0.1, -0.05) is 29.3 Å². The Morgan fingerprint density at radius 1 is 1.17 bits per heavy atom. The summed E-state index contributed by atoms with van der Waals surface area (Å²) in [7, 11) is -3.40. The van der Waals surface area contributed by atoms with Gasteiger partial charge in [-0.15, -0.1) is 0 Å². The van der Waals surface area contributed by atoms with Crippen LogP contribution in [0.1, 0.15) is 15.9 Å². The van der Waals surface area contributed by atoms with E-state index in [1.54, 1.807) is 0 Å². The van der Waals surface area contributed by atoms with Crippen LogP contribution in [0.5, 0.6) is 5.75 Å². The zero-order chi connectivity index (χ0) is 17.7. The minimum atomic E-state index is -3.40. The molecule has 7 heteroatoms. The number of ether oxygens (including phenoxy) is 1. The van der Waals surface area contributed by atoms with Crippen molar-refractivity contribution in [2.45, 2.75) is 11.8 Å². The van der Waals surface area contributed by atoms with E-state index in [1.165, 1.54) is 18.2 Å². The predicted octanol–water partition coefficient (Wildman–Crippen LogP) is 2.86. The molecule has 2 aromatic rings. The van der Waals surface area contributed by atoms with Gasteiger partial charge < -0.3 is 10.1 Å². The lowest BCUT2D eigenvalue weighted by Crippen LogP contribution is -2.28. The van der Waals surface area contributed by atoms with E-state index in [-0.39, 0.29) is 28.6 Å². The van der Waals surface area contributed by atoms with Gasteiger partial charge in [0.05, 0.1) is 22.0 Å². The fraction of sp³-hybridized carbons (Fsp3) is 0.235. The first-order chi connectivity index (χ1) is 11.3. The van der Waals surface area contributed by atoms with Crippen molar-refractivity contribution in [3.8, 4) is 5.75 Å². The number of hydrogen-bond acceptors (Lipinski definition) is 4. The summed E-state index contributed by atoms with van der Waals surface area (Å²) in [5, 5.41) is 2.85. The van der Waals surface area contributed by atoms with Gasteiger partial charge in [-0.05, 0) is 37.3 Å². The van der Waals surface area contributed by atoms with Crippen molar-refractivity contribution in [3.05, 3.63) is 58.6 Å². The molecule has 0 spiro atoms. The summed E-state index contributed by atoms with van der Waals surface area (Å²) >= 11 is 5.98. The maximum atomic E-state index is 12.2. The number of nitrogens with one attached hydrogen (secondary N) is 1. The number of carbonyl (C=O) groups excluding carboxylic acids is 1. The molecule has 1 amide bonds. The minimum absolute atomic E-state index is 0.0490. The highest BCUT2D eigenvalue weighted by atomic mass is 35.5. The molecule has 0 aliphatic carbocycles. The molecule has 0 saturated carbocycles. The summed E-state index contributed by atoms with van der Waals surface area (Å²) in [4.78, 5) is 12.2. The van der Waals surface area contributed by atoms with Crippen molar-refractivity contribution < 1.29 is 17.9 Å². The van der Waals surface area contributed by atoms with Gasteiger partial charge in [0.1, 0.15) is 12.4 Å². The van der Waals surface area contributed by atoms with Gasteiger partial charge in [0.25, 0.3) is 5.91 Å². The van der Waals surface area contributed by atoms with E-state index in [0.717, 1.165) is 11.8 Å². The molecule has 0 aliphatic heterocycles. The van der Waals surface area contributed by atoms with Crippen LogP contribution in [0.2, 0.25) is 5.02 Å². The third-order valence-electron chi connectivity index (χ3n) is 3.29. The van der Waals surface area contributed by atoms with Crippen molar-refractivity contribution in [1.82, 2.24) is 5.32 Å². The van der Waals surface area contributed by atoms with E-state index in [0.29, 0.717) is 5.75 Å². The first-order valence-corrected chi connectivity index (χ1v) is 9.51. The van der Waals surface area contributed by atoms with Crippen LogP contribution in [0.4, 0.5) is 0 Å². The lowest BCUT2D eigenvalue weighted by molar-refractivity contribution is 0.0947. The monoisotopic (exact) mass is 367 g/mol. The number of amides is 1. The van der Waals surface area contributed by atoms with Crippen LogP contribution < -0.4 is 10.1 Å². The molecule has 0 aliphatic rings. The second-order valence-electron chi connectivity index (χ2n) is 5.33. The molecule has 0 atom stereocenters. The molecule has 0 unspecified atom stereocenters. The molecule has 0 bridgehead atoms. The SMILES string of the molecule is Cc1ccc(OCCNC(=O)c2cc(S(C)(=O)=O)ccc2Cl)cc1. The average Bonchev–Trinajstić information content (AvgIpc) is 2.52. The highest BCUT2D eigenvalue weighted by molar-refractivity contribution is 7.90. The summed E-state index contributed by atoms with van der Waals surface area (Å²) in [5.41, 5.74) is 1.26. The molecule has 0 radical (unpaired) electrons. The van der Waals surface area contributed by atoms with Crippen molar-refractivity contribution in [2.24, 2.45) is 0 Å². The third kappa shape index (κ3) is 4.97. The highest BCUT2D eigenvalue weighted by Gasteiger charge is 2.15. The quantitative estimate of drug-likeness (QED) is 0.797. The molecule has 24 heavy (non-hydrogen) atoms. The molecule has 0 saturated heterocycles. The molecule has 1 N–H and O–H groups in total. The minimum Gasteiger partial charge on any atom is -0.492 e. The van der Waals surface area contributed by atoms with Crippen molar-refractivity contribution >= 4 is 27.3 Å². The smallest absolute Gasteiger partial charge is 0.252 e. The number of hydrogen-bond donors (Lipinski definition) is 1. The van der Waals surface area contributed by atoms with Crippen molar-refractivity contribution in [2.75, 3.05) is 19.4 Å². The molecule has 2 aromatic carbocycles. The van der Waals surface area contributed by atoms with E-state index in [2.05, 4.69) is 5.32 Å². The topological polar surface area (TPSA) is 72.5 Å². The summed E-state index contributed by atoms with van der Waals surface area (Å²) in [6, 6.07) is 11.6. The van der Waals surface area contributed by atoms with Crippen LogP contribution in [0.3, 0.4) is 0 Å². The van der Waals surface area contributed by atoms with Crippen LogP contribution in [0, 0.1) is 6.92 Å². The number of carbonyl (C=O) groups is 1. The van der Waals surface area contributed by atoms with E-state index in [9.17, 15) is 13.2 Å². The van der Waals surface area contributed by atoms with Gasteiger partial charge in [0, 0.05) is 6.26 Å². The van der Waals surface area contributed by atoms with E-state index < -0.39 is 15.7 Å². The molecule has 0 heterocycles. The first kappa shape index (κ1) is 18.3. The largest absolute Gasteiger partial charge is 0.492 e. The predicted molar refractivity (Wildman–Crippen MR) is 93.6 cm³/mol. The van der Waals surface area contributed by atoms with Crippen LogP contribution in [0.25, 0.3) is 0 Å². The van der Waals surface area contributed by atoms with E-state index >= 15 is 0 Å². The van der Waals surface area contributed by atoms with Gasteiger partial charge in [-0.3, -0.25) is 4.79 Å². The molecule has 0 aromatic heterocycles. The van der Waals surface area contributed by atoms with Gasteiger partial charge >= 0.3 is 0 Å². The van der Waals surface area contributed by atoms with Gasteiger partial charge in [-0.25, -0.2) is 8.42 Å². The summed E-state index contributed by atoms with van der Waals surface area (Å²) in [6.07, 6.45) is 1.08. The fourth-order valence-electron chi connectivity index (χ4n) is 1.97. The molecule has 0 fully saturated rings. The number of halogens is 1. The van der Waals surface area contributed by atoms with Crippen molar-refractivity contribution in [3.63, 3.8) is 0 Å². The van der Waals surface area contributed by atoms with Crippen molar-refractivity contribution in [1.29, 1.82) is 0 Å². The molecular formula is C17H18ClNO4S. The number of sulfone groups is 1. The Morgan fingerprint density at radius 3 is 2.46 bits per heavy atom. The average molecular weight is 368 g/mol. The normalized spacial score (nSPS) is 11.1. The second-order valence-corrected chi connectivity index (χ2v) is 7.75. The Balaban J connectivity index is 1.94. The van der Waals surface area contributed by atoms with Crippen LogP contribution >= 0.6 is 11.6 Å². The van der Waals surface area contributed by atoms with E-state index in [4.69, 9.17) is 16.3 Å². The Labute approximate surface area is 146 Å². The molecular weight excluding hydrogens is 350 g/mol. The number of rotatable bonds is 6. The number of aryl methyl sites for hydroxylation is 1. The molecule has 5 nitrogen and oxygen atoms in total. The Hall–Kier alpha value is -2.05. The lowest BCUT2D eigenvalue weighted by Gasteiger charge is -2.10. The lowest BCUT2D eigenvalue weighted by atomic mass is 10.2. The Bertz CT molecular complexity index is 832. The van der Waals surface area contributed by atoms with Crippen LogP contribution in [-0.4, -0.2) is 33.7 Å². The number of benzene rings is 2. The van der Waals surface area contributed by atoms with Gasteiger partial charge in [0.2, 0.25) is 0 Å². The first-order valence-electron chi connectivity index (χ1n) is 7.24. The van der Waals surface area contributed by atoms with Crippen LogP contribution in [-0.2, 0) is 9.84 Å². The Morgan fingerprint density at radius 2 is 1.83 bits per heavy atom. The van der Waals surface area contributed by atoms with Gasteiger partial charge in [-0.2, -0.15) is 0 Å². The van der Waals surface area contributed by atoms with Crippen LogP contribution in [0.15, 0.2) is 47.4 Å². The Kier molecular flexibility index (Phi) is 5.85. The maximum Gasteiger partial charge on any atom is 0.252 e. The molecule has 2 rings (SSSR count). The zero-order valence-corrected chi connectivity index (χ0v) is 14.9. The van der Waals surface area contributed by atoms with Gasteiger partial charge in [0.15, 0.2) is 9.84 Å². The second kappa shape index (κ2) is 7.68. The fourth-order valence-corrected chi connectivity index (χ4v) is 2.82. The maximum absolute atomic E-state index is 12.2. The third-order valence-corrected chi connectivity index (χ3v) is 4.73. The zero-order valence-electron chi connectivity index (χ0n) is 13.4. The summed E-state index contributed by atoms with van der Waals surface area (Å²) in [5.74, 6) is 0.268. The molecule has 128 valence electrons.